The second-order valence-corrected chi connectivity index (χ2v) is 7.46. The van der Waals surface area contributed by atoms with E-state index in [4.69, 9.17) is 4.74 Å². The number of amides is 1. The predicted molar refractivity (Wildman–Crippen MR) is 103 cm³/mol. The Morgan fingerprint density at radius 3 is 2.48 bits per heavy atom. The molecule has 6 nitrogen and oxygen atoms in total. The molecule has 10 heteroatoms. The maximum Gasteiger partial charge on any atom is 0.416 e. The van der Waals surface area contributed by atoms with Gasteiger partial charge < -0.3 is 14.5 Å². The first kappa shape index (κ1) is 19.4. The minimum absolute atomic E-state index is 0.199. The summed E-state index contributed by atoms with van der Waals surface area (Å²) in [5.74, 6) is 0.0301. The Labute approximate surface area is 168 Å². The average molecular weight is 422 g/mol. The summed E-state index contributed by atoms with van der Waals surface area (Å²) in [6, 6.07) is 8.07. The smallest absolute Gasteiger partial charge is 0.416 e. The summed E-state index contributed by atoms with van der Waals surface area (Å²) >= 11 is 1.52. The molecule has 0 saturated carbocycles. The second-order valence-electron chi connectivity index (χ2n) is 6.50. The van der Waals surface area contributed by atoms with E-state index in [1.807, 2.05) is 12.1 Å². The third-order valence-corrected chi connectivity index (χ3v) is 5.64. The van der Waals surface area contributed by atoms with Crippen molar-refractivity contribution in [1.29, 1.82) is 0 Å². The van der Waals surface area contributed by atoms with Gasteiger partial charge in [-0.15, -0.1) is 0 Å². The van der Waals surface area contributed by atoms with Crippen LogP contribution in [0.4, 0.5) is 18.3 Å². The van der Waals surface area contributed by atoms with Gasteiger partial charge in [0.25, 0.3) is 5.91 Å². The molecule has 2 aromatic heterocycles. The summed E-state index contributed by atoms with van der Waals surface area (Å²) in [5.41, 5.74) is 0.105. The number of carbonyl (C=O) groups excluding carboxylic acids is 1. The van der Waals surface area contributed by atoms with Crippen molar-refractivity contribution in [1.82, 2.24) is 14.9 Å². The first-order chi connectivity index (χ1) is 13.9. The Bertz CT molecular complexity index is 966. The minimum atomic E-state index is -4.40. The Kier molecular flexibility index (Phi) is 5.27. The number of thiazole rings is 1. The Morgan fingerprint density at radius 1 is 1.10 bits per heavy atom. The fourth-order valence-corrected chi connectivity index (χ4v) is 3.98. The van der Waals surface area contributed by atoms with Crippen LogP contribution in [0.1, 0.15) is 5.56 Å². The molecular weight excluding hydrogens is 405 g/mol. The number of piperazine rings is 1. The van der Waals surface area contributed by atoms with Crippen molar-refractivity contribution in [3.05, 3.63) is 48.2 Å². The van der Waals surface area contributed by atoms with Crippen molar-refractivity contribution >= 4 is 32.7 Å². The van der Waals surface area contributed by atoms with Crippen molar-refractivity contribution in [2.24, 2.45) is 0 Å². The standard InChI is InChI=1S/C19H17F3N4O2S/c20-19(21,22)13-3-5-14(6-4-13)28-12-16(27)25-8-10-26(11-9-25)18-24-15-2-1-7-23-17(15)29-18/h1-7H,8-12H2. The summed E-state index contributed by atoms with van der Waals surface area (Å²) in [5, 5.41) is 0.881. The van der Waals surface area contributed by atoms with Gasteiger partial charge in [-0.25, -0.2) is 9.97 Å². The lowest BCUT2D eigenvalue weighted by Gasteiger charge is -2.34. The highest BCUT2D eigenvalue weighted by Crippen LogP contribution is 2.30. The number of carbonyl (C=O) groups is 1. The Hall–Kier alpha value is -2.88. The zero-order chi connectivity index (χ0) is 20.4. The monoisotopic (exact) mass is 422 g/mol. The average Bonchev–Trinajstić information content (AvgIpc) is 3.16. The van der Waals surface area contributed by atoms with Crippen molar-refractivity contribution in [2.45, 2.75) is 6.18 Å². The number of nitrogens with zero attached hydrogens (tertiary/aromatic N) is 4. The molecule has 4 rings (SSSR count). The van der Waals surface area contributed by atoms with E-state index in [0.717, 1.165) is 27.6 Å². The van der Waals surface area contributed by atoms with Gasteiger partial charge in [0.2, 0.25) is 0 Å². The number of ether oxygens (including phenoxy) is 1. The summed E-state index contributed by atoms with van der Waals surface area (Å²) in [6.07, 6.45) is -2.66. The van der Waals surface area contributed by atoms with Crippen LogP contribution in [0.15, 0.2) is 42.6 Å². The van der Waals surface area contributed by atoms with Gasteiger partial charge in [-0.1, -0.05) is 11.3 Å². The van der Waals surface area contributed by atoms with E-state index in [-0.39, 0.29) is 18.3 Å². The van der Waals surface area contributed by atoms with E-state index in [0.29, 0.717) is 26.2 Å². The lowest BCUT2D eigenvalue weighted by molar-refractivity contribution is -0.137. The molecular formula is C19H17F3N4O2S. The van der Waals surface area contributed by atoms with Gasteiger partial charge in [-0.3, -0.25) is 4.79 Å². The molecule has 0 atom stereocenters. The molecule has 0 radical (unpaired) electrons. The lowest BCUT2D eigenvalue weighted by Crippen LogP contribution is -2.50. The molecule has 0 N–H and O–H groups in total. The van der Waals surface area contributed by atoms with Crippen molar-refractivity contribution in [3.8, 4) is 5.75 Å². The number of benzene rings is 1. The van der Waals surface area contributed by atoms with Gasteiger partial charge in [0.1, 0.15) is 16.1 Å². The largest absolute Gasteiger partial charge is 0.484 e. The van der Waals surface area contributed by atoms with Crippen LogP contribution in [0.3, 0.4) is 0 Å². The Balaban J connectivity index is 1.28. The van der Waals surface area contributed by atoms with E-state index in [1.54, 1.807) is 11.1 Å². The quantitative estimate of drug-likeness (QED) is 0.645. The normalized spacial score (nSPS) is 15.0. The molecule has 1 aliphatic rings. The van der Waals surface area contributed by atoms with Crippen LogP contribution >= 0.6 is 11.3 Å². The zero-order valence-corrected chi connectivity index (χ0v) is 16.0. The zero-order valence-electron chi connectivity index (χ0n) is 15.2. The fraction of sp³-hybridized carbons (Fsp3) is 0.316. The number of hydrogen-bond acceptors (Lipinski definition) is 6. The van der Waals surface area contributed by atoms with Gasteiger partial charge in [0, 0.05) is 32.4 Å². The van der Waals surface area contributed by atoms with E-state index in [9.17, 15) is 18.0 Å². The lowest BCUT2D eigenvalue weighted by atomic mass is 10.2. The van der Waals surface area contributed by atoms with E-state index >= 15 is 0 Å². The van der Waals surface area contributed by atoms with Crippen LogP contribution in [0.5, 0.6) is 5.75 Å². The molecule has 0 spiro atoms. The first-order valence-electron chi connectivity index (χ1n) is 8.94. The summed E-state index contributed by atoms with van der Waals surface area (Å²) in [7, 11) is 0. The minimum Gasteiger partial charge on any atom is -0.484 e. The molecule has 1 aromatic carbocycles. The third kappa shape index (κ3) is 4.42. The first-order valence-corrected chi connectivity index (χ1v) is 9.76. The number of alkyl halides is 3. The number of hydrogen-bond donors (Lipinski definition) is 0. The van der Waals surface area contributed by atoms with Crippen LogP contribution in [-0.2, 0) is 11.0 Å². The number of pyridine rings is 1. The molecule has 3 aromatic rings. The van der Waals surface area contributed by atoms with Gasteiger partial charge in [-0.05, 0) is 36.4 Å². The third-order valence-electron chi connectivity index (χ3n) is 4.60. The summed E-state index contributed by atoms with van der Waals surface area (Å²) in [4.78, 5) is 25.9. The topological polar surface area (TPSA) is 58.6 Å². The molecule has 1 amide bonds. The molecule has 1 fully saturated rings. The van der Waals surface area contributed by atoms with Gasteiger partial charge in [0.15, 0.2) is 11.7 Å². The van der Waals surface area contributed by atoms with Crippen LogP contribution in [0.2, 0.25) is 0 Å². The summed E-state index contributed by atoms with van der Waals surface area (Å²) < 4.78 is 43.1. The molecule has 0 aliphatic carbocycles. The van der Waals surface area contributed by atoms with Crippen molar-refractivity contribution in [2.75, 3.05) is 37.7 Å². The highest BCUT2D eigenvalue weighted by molar-refractivity contribution is 7.21. The molecule has 152 valence electrons. The molecule has 29 heavy (non-hydrogen) atoms. The van der Waals surface area contributed by atoms with Gasteiger partial charge in [-0.2, -0.15) is 13.2 Å². The fourth-order valence-electron chi connectivity index (χ4n) is 3.02. The molecule has 0 unspecified atom stereocenters. The molecule has 3 heterocycles. The number of halogens is 3. The number of rotatable bonds is 4. The van der Waals surface area contributed by atoms with E-state index in [1.165, 1.54) is 23.5 Å². The maximum atomic E-state index is 12.6. The predicted octanol–water partition coefficient (Wildman–Crippen LogP) is 3.44. The number of anilines is 1. The Morgan fingerprint density at radius 2 is 1.83 bits per heavy atom. The van der Waals surface area contributed by atoms with Crippen LogP contribution in [0, 0.1) is 0 Å². The maximum absolute atomic E-state index is 12.6. The highest BCUT2D eigenvalue weighted by Gasteiger charge is 2.30. The van der Waals surface area contributed by atoms with Gasteiger partial charge >= 0.3 is 6.18 Å². The molecule has 0 bridgehead atoms. The second kappa shape index (κ2) is 7.86. The highest BCUT2D eigenvalue weighted by atomic mass is 32.1. The van der Waals surface area contributed by atoms with Gasteiger partial charge in [0.05, 0.1) is 5.56 Å². The number of fused-ring (bicyclic) bond motifs is 1. The van der Waals surface area contributed by atoms with Crippen molar-refractivity contribution in [3.63, 3.8) is 0 Å². The van der Waals surface area contributed by atoms with Crippen LogP contribution in [0.25, 0.3) is 10.3 Å². The summed E-state index contributed by atoms with van der Waals surface area (Å²) in [6.45, 7) is 2.13. The van der Waals surface area contributed by atoms with Crippen LogP contribution < -0.4 is 9.64 Å². The number of aromatic nitrogens is 2. The van der Waals surface area contributed by atoms with Crippen molar-refractivity contribution < 1.29 is 22.7 Å². The SMILES string of the molecule is O=C(COc1ccc(C(F)(F)F)cc1)N1CCN(c2nc3cccnc3s2)CC1. The van der Waals surface area contributed by atoms with E-state index in [2.05, 4.69) is 14.9 Å². The van der Waals surface area contributed by atoms with E-state index < -0.39 is 11.7 Å². The van der Waals surface area contributed by atoms with Crippen LogP contribution in [-0.4, -0.2) is 53.6 Å². The molecule has 1 aliphatic heterocycles. The molecule has 1 saturated heterocycles.